The molecule has 0 bridgehead atoms. The molecule has 1 unspecified atom stereocenters. The zero-order valence-corrected chi connectivity index (χ0v) is 20.2. The second kappa shape index (κ2) is 12.9. The van der Waals surface area contributed by atoms with Crippen molar-refractivity contribution in [3.05, 3.63) is 65.2 Å². The lowest BCUT2D eigenvalue weighted by Gasteiger charge is -2.29. The van der Waals surface area contributed by atoms with Gasteiger partial charge in [-0.15, -0.1) is 0 Å². The van der Waals surface area contributed by atoms with Gasteiger partial charge in [-0.05, 0) is 54.5 Å². The molecular formula is C27H38N2O3. The number of hydrogen-bond acceptors (Lipinski definition) is 3. The lowest BCUT2D eigenvalue weighted by molar-refractivity contribution is -0.140. The highest BCUT2D eigenvalue weighted by Crippen LogP contribution is 2.19. The number of hydrogen-bond donors (Lipinski definition) is 1. The van der Waals surface area contributed by atoms with Crippen LogP contribution in [0.25, 0.3) is 0 Å². The summed E-state index contributed by atoms with van der Waals surface area (Å²) in [6.07, 6.45) is 2.94. The number of aryl methyl sites for hydroxylation is 1. The molecule has 0 aliphatic heterocycles. The Bertz CT molecular complexity index is 861. The Morgan fingerprint density at radius 1 is 1.03 bits per heavy atom. The second-order valence-corrected chi connectivity index (χ2v) is 8.59. The highest BCUT2D eigenvalue weighted by atomic mass is 16.5. The quantitative estimate of drug-likeness (QED) is 0.470. The largest absolute Gasteiger partial charge is 0.497 e. The van der Waals surface area contributed by atoms with Gasteiger partial charge in [-0.25, -0.2) is 0 Å². The van der Waals surface area contributed by atoms with Crippen molar-refractivity contribution in [3.8, 4) is 5.75 Å². The predicted octanol–water partition coefficient (Wildman–Crippen LogP) is 5.08. The van der Waals surface area contributed by atoms with E-state index >= 15 is 0 Å². The molecule has 0 radical (unpaired) electrons. The van der Waals surface area contributed by atoms with Crippen molar-refractivity contribution in [3.63, 3.8) is 0 Å². The summed E-state index contributed by atoms with van der Waals surface area (Å²) < 4.78 is 5.32. The molecule has 2 amide bonds. The Balaban J connectivity index is 2.12. The molecule has 0 heterocycles. The molecule has 0 saturated carbocycles. The molecule has 32 heavy (non-hydrogen) atoms. The fourth-order valence-corrected chi connectivity index (χ4v) is 3.55. The number of amides is 2. The molecule has 0 fully saturated rings. The molecule has 174 valence electrons. The smallest absolute Gasteiger partial charge is 0.242 e. The van der Waals surface area contributed by atoms with Crippen LogP contribution >= 0.6 is 0 Å². The van der Waals surface area contributed by atoms with Crippen LogP contribution in [0.3, 0.4) is 0 Å². The summed E-state index contributed by atoms with van der Waals surface area (Å²) in [7, 11) is 1.62. The van der Waals surface area contributed by atoms with E-state index in [-0.39, 0.29) is 11.8 Å². The number of benzene rings is 2. The number of carbonyl (C=O) groups is 2. The van der Waals surface area contributed by atoms with Crippen LogP contribution in [0.4, 0.5) is 0 Å². The Morgan fingerprint density at radius 2 is 1.75 bits per heavy atom. The van der Waals surface area contributed by atoms with Crippen LogP contribution in [0.2, 0.25) is 0 Å². The van der Waals surface area contributed by atoms with Gasteiger partial charge in [0, 0.05) is 19.5 Å². The topological polar surface area (TPSA) is 58.6 Å². The standard InChI is InChI=1S/C27H38N2O3/c1-6-7-17-28-27(31)21(4)29(19-23-9-8-10-25(18-23)32-5)26(30)16-13-22-11-14-24(15-12-22)20(2)3/h8-12,14-15,18,20-21H,6-7,13,16-17,19H2,1-5H3,(H,28,31). The fourth-order valence-electron chi connectivity index (χ4n) is 3.55. The first kappa shape index (κ1) is 25.4. The first-order valence-electron chi connectivity index (χ1n) is 11.6. The highest BCUT2D eigenvalue weighted by molar-refractivity contribution is 5.87. The number of methoxy groups -OCH3 is 1. The van der Waals surface area contributed by atoms with Crippen molar-refractivity contribution in [2.24, 2.45) is 0 Å². The van der Waals surface area contributed by atoms with Crippen LogP contribution in [0.1, 0.15) is 69.6 Å². The third-order valence-electron chi connectivity index (χ3n) is 5.76. The summed E-state index contributed by atoms with van der Waals surface area (Å²) in [5.41, 5.74) is 3.36. The molecule has 1 N–H and O–H groups in total. The van der Waals surface area contributed by atoms with Crippen LogP contribution in [0.5, 0.6) is 5.75 Å². The Hall–Kier alpha value is -2.82. The van der Waals surface area contributed by atoms with Crippen molar-refractivity contribution < 1.29 is 14.3 Å². The lowest BCUT2D eigenvalue weighted by atomic mass is 10.00. The van der Waals surface area contributed by atoms with Crippen molar-refractivity contribution in [1.29, 1.82) is 0 Å². The highest BCUT2D eigenvalue weighted by Gasteiger charge is 2.25. The number of ether oxygens (including phenoxy) is 1. The van der Waals surface area contributed by atoms with E-state index in [4.69, 9.17) is 4.74 Å². The van der Waals surface area contributed by atoms with Crippen LogP contribution in [0, 0.1) is 0 Å². The summed E-state index contributed by atoms with van der Waals surface area (Å²) in [4.78, 5) is 27.6. The monoisotopic (exact) mass is 438 g/mol. The Kier molecular flexibility index (Phi) is 10.3. The van der Waals surface area contributed by atoms with Crippen molar-refractivity contribution >= 4 is 11.8 Å². The van der Waals surface area contributed by atoms with Gasteiger partial charge in [-0.3, -0.25) is 9.59 Å². The van der Waals surface area contributed by atoms with E-state index in [0.29, 0.717) is 31.8 Å². The fraction of sp³-hybridized carbons (Fsp3) is 0.481. The summed E-state index contributed by atoms with van der Waals surface area (Å²) in [6, 6.07) is 15.5. The van der Waals surface area contributed by atoms with Gasteiger partial charge in [0.2, 0.25) is 11.8 Å². The molecule has 1 atom stereocenters. The molecule has 2 rings (SSSR count). The maximum absolute atomic E-state index is 13.2. The predicted molar refractivity (Wildman–Crippen MR) is 130 cm³/mol. The van der Waals surface area contributed by atoms with E-state index in [9.17, 15) is 9.59 Å². The van der Waals surface area contributed by atoms with Gasteiger partial charge in [-0.2, -0.15) is 0 Å². The summed E-state index contributed by atoms with van der Waals surface area (Å²) in [6.45, 7) is 9.22. The van der Waals surface area contributed by atoms with Crippen molar-refractivity contribution in [1.82, 2.24) is 10.2 Å². The van der Waals surface area contributed by atoms with Gasteiger partial charge < -0.3 is 15.0 Å². The number of unbranched alkanes of at least 4 members (excludes halogenated alkanes) is 1. The molecule has 2 aromatic carbocycles. The minimum atomic E-state index is -0.547. The van der Waals surface area contributed by atoms with Crippen LogP contribution in [-0.2, 0) is 22.6 Å². The number of rotatable bonds is 12. The third kappa shape index (κ3) is 7.70. The number of nitrogens with zero attached hydrogens (tertiary/aromatic N) is 1. The van der Waals surface area contributed by atoms with Gasteiger partial charge in [0.25, 0.3) is 0 Å². The van der Waals surface area contributed by atoms with Gasteiger partial charge in [0.05, 0.1) is 7.11 Å². The molecule has 0 aromatic heterocycles. The molecule has 0 saturated heterocycles. The van der Waals surface area contributed by atoms with E-state index < -0.39 is 6.04 Å². The molecular weight excluding hydrogens is 400 g/mol. The minimum absolute atomic E-state index is 0.0288. The van der Waals surface area contributed by atoms with Crippen molar-refractivity contribution in [2.75, 3.05) is 13.7 Å². The van der Waals surface area contributed by atoms with Crippen LogP contribution < -0.4 is 10.1 Å². The van der Waals surface area contributed by atoms with E-state index in [0.717, 1.165) is 29.7 Å². The zero-order chi connectivity index (χ0) is 23.5. The van der Waals surface area contributed by atoms with Gasteiger partial charge in [-0.1, -0.05) is 63.6 Å². The van der Waals surface area contributed by atoms with E-state index in [1.165, 1.54) is 5.56 Å². The average Bonchev–Trinajstić information content (AvgIpc) is 2.81. The normalized spacial score (nSPS) is 11.8. The van der Waals surface area contributed by atoms with E-state index in [1.54, 1.807) is 18.9 Å². The third-order valence-corrected chi connectivity index (χ3v) is 5.76. The van der Waals surface area contributed by atoms with Gasteiger partial charge in [0.15, 0.2) is 0 Å². The Labute approximate surface area is 193 Å². The summed E-state index contributed by atoms with van der Waals surface area (Å²) in [5.74, 6) is 1.08. The second-order valence-electron chi connectivity index (χ2n) is 8.59. The molecule has 0 aliphatic carbocycles. The SMILES string of the molecule is CCCCNC(=O)C(C)N(Cc1cccc(OC)c1)C(=O)CCc1ccc(C(C)C)cc1. The number of nitrogens with one attached hydrogen (secondary N) is 1. The Morgan fingerprint density at radius 3 is 2.38 bits per heavy atom. The molecule has 0 spiro atoms. The maximum Gasteiger partial charge on any atom is 0.242 e. The lowest BCUT2D eigenvalue weighted by Crippen LogP contribution is -2.47. The van der Waals surface area contributed by atoms with Crippen LogP contribution in [-0.4, -0.2) is 36.4 Å². The summed E-state index contributed by atoms with van der Waals surface area (Å²) >= 11 is 0. The van der Waals surface area contributed by atoms with E-state index in [1.807, 2.05) is 24.3 Å². The van der Waals surface area contributed by atoms with Crippen molar-refractivity contribution in [2.45, 2.75) is 71.9 Å². The molecule has 2 aromatic rings. The van der Waals surface area contributed by atoms with Gasteiger partial charge in [0.1, 0.15) is 11.8 Å². The minimum Gasteiger partial charge on any atom is -0.497 e. The average molecular weight is 439 g/mol. The molecule has 5 nitrogen and oxygen atoms in total. The first-order valence-corrected chi connectivity index (χ1v) is 11.6. The van der Waals surface area contributed by atoms with Gasteiger partial charge >= 0.3 is 0 Å². The zero-order valence-electron chi connectivity index (χ0n) is 20.2. The summed E-state index contributed by atoms with van der Waals surface area (Å²) in [5, 5.41) is 2.96. The number of carbonyl (C=O) groups excluding carboxylic acids is 2. The molecule has 0 aliphatic rings. The maximum atomic E-state index is 13.2. The van der Waals surface area contributed by atoms with Crippen LogP contribution in [0.15, 0.2) is 48.5 Å². The first-order chi connectivity index (χ1) is 15.3. The van der Waals surface area contributed by atoms with E-state index in [2.05, 4.69) is 50.4 Å². The molecule has 5 heteroatoms.